The zero-order valence-corrected chi connectivity index (χ0v) is 63.3. The molecular formula is C82H206O23Si4. The summed E-state index contributed by atoms with van der Waals surface area (Å²) in [5.41, 5.74) is 0. The third kappa shape index (κ3) is 100. The van der Waals surface area contributed by atoms with E-state index >= 15 is 0 Å². The maximum atomic E-state index is 9.29. The predicted octanol–water partition coefficient (Wildman–Crippen LogP) is 17.6. The third-order valence-electron chi connectivity index (χ3n) is 16.7. The molecule has 0 spiro atoms. The van der Waals surface area contributed by atoms with Crippen LogP contribution in [0, 0.1) is 0 Å². The fourth-order valence-electron chi connectivity index (χ4n) is 11.3. The van der Waals surface area contributed by atoms with Gasteiger partial charge in [0.25, 0.3) is 0 Å². The van der Waals surface area contributed by atoms with Crippen LogP contribution in [0.5, 0.6) is 0 Å². The van der Waals surface area contributed by atoms with Gasteiger partial charge in [-0.3, -0.25) is 0 Å². The van der Waals surface area contributed by atoms with E-state index in [2.05, 4.69) is 26.2 Å². The Morgan fingerprint density at radius 3 is 0.615 bits per heavy atom. The summed E-state index contributed by atoms with van der Waals surface area (Å²) in [5, 5.41) is 73.7. The first-order valence-corrected chi connectivity index (χ1v) is 48.0. The van der Waals surface area contributed by atoms with E-state index in [1.807, 2.05) is 0 Å². The molecule has 23 nitrogen and oxygen atoms in total. The monoisotopic (exact) mass is 1670 g/mol. The van der Waals surface area contributed by atoms with E-state index in [-0.39, 0.29) is 184 Å². The second-order valence-electron chi connectivity index (χ2n) is 25.7. The van der Waals surface area contributed by atoms with Gasteiger partial charge in [-0.1, -0.05) is 168 Å². The second kappa shape index (κ2) is 112. The lowest BCUT2D eigenvalue weighted by Gasteiger charge is -2.28. The average Bonchev–Trinajstić information content (AvgIpc) is 0.922. The quantitative estimate of drug-likeness (QED) is 0.0207. The summed E-state index contributed by atoms with van der Waals surface area (Å²) in [6.45, 7) is 22.5. The van der Waals surface area contributed by atoms with Crippen molar-refractivity contribution >= 4 is 32.8 Å². The first-order chi connectivity index (χ1) is 45.3. The molecule has 0 aliphatic carbocycles. The Morgan fingerprint density at radius 2 is 0.376 bits per heavy atom. The molecule has 0 aliphatic heterocycles. The van der Waals surface area contributed by atoms with Gasteiger partial charge < -0.3 is 111 Å². The van der Waals surface area contributed by atoms with Crippen LogP contribution >= 0.6 is 0 Å². The van der Waals surface area contributed by atoms with Crippen LogP contribution in [0.1, 0.15) is 222 Å². The molecule has 109 heavy (non-hydrogen) atoms. The predicted molar refractivity (Wildman–Crippen MR) is 483 cm³/mol. The Bertz CT molecular complexity index is 1350. The van der Waals surface area contributed by atoms with Crippen molar-refractivity contribution in [3.8, 4) is 0 Å². The fourth-order valence-corrected chi connectivity index (χ4v) is 24.7. The van der Waals surface area contributed by atoms with Crippen LogP contribution in [-0.4, -0.2) is 310 Å². The topological polar surface area (TPSA) is 300 Å². The lowest BCUT2D eigenvalue weighted by Crippen LogP contribution is -2.36. The number of aliphatic hydroxyl groups is 8. The van der Waals surface area contributed by atoms with Crippen LogP contribution in [0.25, 0.3) is 0 Å². The van der Waals surface area contributed by atoms with Crippen LogP contribution < -0.4 is 0 Å². The van der Waals surface area contributed by atoms with Crippen molar-refractivity contribution in [2.24, 2.45) is 0 Å². The van der Waals surface area contributed by atoms with Crippen LogP contribution in [-0.2, 0) is 70.4 Å². The SMILES string of the molecule is C.C.C.C.C.C.C.C.C.C.C.C.C.C.C.C.C[Si](CCCOCCO)(CCCOCCO)CCCOCC(COCCOCCOCC(COCCC[Si](C)(CCCOCCO)OCCCCCO)OCCC[Si](C)(CCCOCCO)OCCCCCO)OCCC[Si](C)(CCCOCCO)CCCOCCO. The minimum atomic E-state index is -2.10. The summed E-state index contributed by atoms with van der Waals surface area (Å²) in [6.07, 6.45) is 13.9. The standard InChI is InChI=1S/C66H142O23Si4.16CH4/c1-90(51-11-29-75-41-23-69,52-12-30-76-42-24-70)55-15-35-82-61-65(86-37-19-56-91(2,53-13-31-77-43-25-71)54-14-32-78-44-26-72)63-84-49-47-81-48-50-85-64-66(87-38-20-60-93(4,58-17-34-80-46-28-74)89-40-10-6-8-22-68)62-83-36-18-59-92(3,57-16-33-79-45-27-73)88-39-9-5-7-21-67;;;;;;;;;;;;;;;;/h65-74H,5-64H2,1-4H3;16*1H4. The number of rotatable bonds is 80. The van der Waals surface area contributed by atoms with E-state index < -0.39 is 32.8 Å². The number of aliphatic hydroxyl groups excluding tert-OH is 8. The van der Waals surface area contributed by atoms with E-state index in [1.54, 1.807) is 0 Å². The summed E-state index contributed by atoms with van der Waals surface area (Å²) < 4.78 is 90.9. The molecule has 4 unspecified atom stereocenters. The lowest BCUT2D eigenvalue weighted by molar-refractivity contribution is -0.0764. The van der Waals surface area contributed by atoms with Crippen LogP contribution in [0.4, 0.5) is 0 Å². The molecule has 0 rings (SSSR count). The first-order valence-electron chi connectivity index (χ1n) is 36.1. The van der Waals surface area contributed by atoms with Gasteiger partial charge in [0.05, 0.1) is 148 Å². The van der Waals surface area contributed by atoms with E-state index in [1.165, 1.54) is 0 Å². The molecule has 4 atom stereocenters. The van der Waals surface area contributed by atoms with Gasteiger partial charge in [0.2, 0.25) is 0 Å². The Morgan fingerprint density at radius 1 is 0.183 bits per heavy atom. The van der Waals surface area contributed by atoms with Gasteiger partial charge in [-0.05, 0) is 140 Å². The summed E-state index contributed by atoms with van der Waals surface area (Å²) in [4.78, 5) is 0. The van der Waals surface area contributed by atoms with Gasteiger partial charge in [0, 0.05) is 92.5 Å². The van der Waals surface area contributed by atoms with Gasteiger partial charge in [-0.15, -0.1) is 0 Å². The van der Waals surface area contributed by atoms with Crippen molar-refractivity contribution in [2.45, 2.75) is 320 Å². The Labute approximate surface area is 685 Å². The molecule has 0 aliphatic rings. The molecule has 27 heteroatoms. The smallest absolute Gasteiger partial charge is 0.189 e. The minimum absolute atomic E-state index is 0. The highest BCUT2D eigenvalue weighted by atomic mass is 28.4. The van der Waals surface area contributed by atoms with Crippen molar-refractivity contribution in [1.82, 2.24) is 0 Å². The maximum absolute atomic E-state index is 9.29. The Kier molecular flexibility index (Phi) is 154. The van der Waals surface area contributed by atoms with Gasteiger partial charge >= 0.3 is 0 Å². The fraction of sp³-hybridized carbons (Fsp3) is 1.00. The molecule has 0 radical (unpaired) electrons. The average molecular weight is 1670 g/mol. The zero-order chi connectivity index (χ0) is 68.2. The van der Waals surface area contributed by atoms with Crippen LogP contribution in [0.15, 0.2) is 0 Å². The highest BCUT2D eigenvalue weighted by Crippen LogP contribution is 2.29. The molecule has 8 N–H and O–H groups in total. The molecule has 0 bridgehead atoms. The zero-order valence-electron chi connectivity index (χ0n) is 59.3. The number of unbranched alkanes of at least 4 members (excludes halogenated alkanes) is 4. The minimum Gasteiger partial charge on any atom is -0.417 e. The van der Waals surface area contributed by atoms with Crippen LogP contribution in [0.3, 0.4) is 0 Å². The molecule has 0 fully saturated rings. The molecular weight excluding hydrogens is 1470 g/mol. The van der Waals surface area contributed by atoms with E-state index in [4.69, 9.17) is 75.5 Å². The largest absolute Gasteiger partial charge is 0.417 e. The van der Waals surface area contributed by atoms with Gasteiger partial charge in [0.15, 0.2) is 16.6 Å². The first kappa shape index (κ1) is 150. The highest BCUT2D eigenvalue weighted by Gasteiger charge is 2.31. The molecule has 0 amide bonds. The molecule has 0 aromatic carbocycles. The van der Waals surface area contributed by atoms with Crippen molar-refractivity contribution in [2.75, 3.05) is 225 Å². The Hall–Kier alpha value is -0.0525. The molecule has 688 valence electrons. The number of hydrogen-bond donors (Lipinski definition) is 8. The normalized spacial score (nSPS) is 12.2. The molecule has 0 aromatic rings. The molecule has 0 aromatic heterocycles. The second-order valence-corrected chi connectivity index (χ2v) is 44.4. The van der Waals surface area contributed by atoms with Crippen molar-refractivity contribution in [1.29, 1.82) is 0 Å². The maximum Gasteiger partial charge on any atom is 0.189 e. The highest BCUT2D eigenvalue weighted by molar-refractivity contribution is 6.79. The van der Waals surface area contributed by atoms with Crippen molar-refractivity contribution in [3.63, 3.8) is 0 Å². The van der Waals surface area contributed by atoms with E-state index in [9.17, 15) is 35.7 Å². The van der Waals surface area contributed by atoms with E-state index in [0.29, 0.717) is 172 Å². The van der Waals surface area contributed by atoms with Gasteiger partial charge in [-0.2, -0.15) is 0 Å². The van der Waals surface area contributed by atoms with Crippen molar-refractivity contribution in [3.05, 3.63) is 0 Å². The number of ether oxygens (including phenoxy) is 13. The molecule has 0 saturated heterocycles. The summed E-state index contributed by atoms with van der Waals surface area (Å²) in [5.74, 6) is 0. The van der Waals surface area contributed by atoms with Gasteiger partial charge in [0.1, 0.15) is 12.2 Å². The Balaban J connectivity index is -0.000000353. The number of hydrogen-bond acceptors (Lipinski definition) is 23. The van der Waals surface area contributed by atoms with Crippen molar-refractivity contribution < 1.29 is 111 Å². The third-order valence-corrected chi connectivity index (χ3v) is 33.5. The van der Waals surface area contributed by atoms with E-state index in [0.717, 1.165) is 163 Å². The van der Waals surface area contributed by atoms with Gasteiger partial charge in [-0.25, -0.2) is 0 Å². The van der Waals surface area contributed by atoms with Crippen LogP contribution in [0.2, 0.25) is 86.6 Å². The summed E-state index contributed by atoms with van der Waals surface area (Å²) in [6, 6.07) is 10.5. The summed E-state index contributed by atoms with van der Waals surface area (Å²) >= 11 is 0. The molecule has 0 heterocycles. The lowest BCUT2D eigenvalue weighted by atomic mass is 10.2. The molecule has 0 saturated carbocycles. The summed E-state index contributed by atoms with van der Waals surface area (Å²) in [7, 11) is -7.48.